The second-order valence-corrected chi connectivity index (χ2v) is 7.65. The number of carbonyl (C=O) groups is 1. The highest BCUT2D eigenvalue weighted by Crippen LogP contribution is 2.40. The Morgan fingerprint density at radius 2 is 1.73 bits per heavy atom. The van der Waals surface area contributed by atoms with Gasteiger partial charge in [0.25, 0.3) is 0 Å². The highest BCUT2D eigenvalue weighted by molar-refractivity contribution is 5.82. The molecule has 0 atom stereocenters. The molecule has 3 heteroatoms. The lowest BCUT2D eigenvalue weighted by Crippen LogP contribution is -2.61. The van der Waals surface area contributed by atoms with Crippen molar-refractivity contribution in [3.63, 3.8) is 0 Å². The van der Waals surface area contributed by atoms with E-state index >= 15 is 0 Å². The van der Waals surface area contributed by atoms with Gasteiger partial charge in [0.2, 0.25) is 5.91 Å². The lowest BCUT2D eigenvalue weighted by Gasteiger charge is -2.52. The van der Waals surface area contributed by atoms with Crippen LogP contribution in [0, 0.1) is 0 Å². The quantitative estimate of drug-likeness (QED) is 0.854. The van der Waals surface area contributed by atoms with Crippen LogP contribution in [0.25, 0.3) is 5.57 Å². The minimum Gasteiger partial charge on any atom is -0.328 e. The van der Waals surface area contributed by atoms with E-state index < -0.39 is 0 Å². The zero-order valence-corrected chi connectivity index (χ0v) is 14.7. The molecule has 120 valence electrons. The molecule has 0 bridgehead atoms. The predicted molar refractivity (Wildman–Crippen MR) is 92.6 cm³/mol. The van der Waals surface area contributed by atoms with Crippen molar-refractivity contribution in [2.24, 2.45) is 0 Å². The molecule has 0 spiro atoms. The summed E-state index contributed by atoms with van der Waals surface area (Å²) in [4.78, 5) is 16.7. The van der Waals surface area contributed by atoms with Crippen LogP contribution in [0.5, 0.6) is 0 Å². The van der Waals surface area contributed by atoms with E-state index in [0.717, 1.165) is 6.42 Å². The van der Waals surface area contributed by atoms with Crippen LogP contribution in [-0.4, -0.2) is 47.4 Å². The van der Waals surface area contributed by atoms with Crippen molar-refractivity contribution in [1.82, 2.24) is 9.80 Å². The smallest absolute Gasteiger partial charge is 0.237 e. The summed E-state index contributed by atoms with van der Waals surface area (Å²) >= 11 is 0. The Hall–Kier alpha value is -1.61. The van der Waals surface area contributed by atoms with Gasteiger partial charge in [-0.05, 0) is 59.3 Å². The molecule has 1 aromatic carbocycles. The third-order valence-corrected chi connectivity index (χ3v) is 4.18. The topological polar surface area (TPSA) is 23.6 Å². The van der Waals surface area contributed by atoms with Gasteiger partial charge in [0.05, 0.1) is 12.1 Å². The van der Waals surface area contributed by atoms with Crippen LogP contribution < -0.4 is 0 Å². The molecule has 1 aliphatic heterocycles. The normalized spacial score (nSPS) is 20.0. The van der Waals surface area contributed by atoms with Crippen molar-refractivity contribution in [1.29, 1.82) is 0 Å². The molecule has 0 aliphatic carbocycles. The Morgan fingerprint density at radius 1 is 1.14 bits per heavy atom. The Bertz CT molecular complexity index is 570. The maximum absolute atomic E-state index is 12.7. The van der Waals surface area contributed by atoms with Crippen LogP contribution in [0.4, 0.5) is 0 Å². The molecule has 2 rings (SSSR count). The van der Waals surface area contributed by atoms with E-state index in [0.29, 0.717) is 6.54 Å². The Morgan fingerprint density at radius 3 is 2.23 bits per heavy atom. The molecule has 1 amide bonds. The van der Waals surface area contributed by atoms with Crippen molar-refractivity contribution in [2.75, 3.05) is 20.6 Å². The second-order valence-electron chi connectivity index (χ2n) is 7.65. The fourth-order valence-corrected chi connectivity index (χ4v) is 3.70. The average Bonchev–Trinajstić information content (AvgIpc) is 2.35. The fourth-order valence-electron chi connectivity index (χ4n) is 3.70. The van der Waals surface area contributed by atoms with Gasteiger partial charge in [-0.3, -0.25) is 4.79 Å². The van der Waals surface area contributed by atoms with Gasteiger partial charge in [0.1, 0.15) is 0 Å². The summed E-state index contributed by atoms with van der Waals surface area (Å²) in [5.41, 5.74) is 2.09. The van der Waals surface area contributed by atoms with Crippen LogP contribution in [-0.2, 0) is 4.79 Å². The highest BCUT2D eigenvalue weighted by Gasteiger charge is 2.43. The summed E-state index contributed by atoms with van der Waals surface area (Å²) in [5.74, 6) is 0.184. The van der Waals surface area contributed by atoms with Crippen LogP contribution in [0.3, 0.4) is 0 Å². The molecule has 1 aromatic rings. The summed E-state index contributed by atoms with van der Waals surface area (Å²) in [6.07, 6.45) is 3.13. The fraction of sp³-hybridized carbons (Fsp3) is 0.526. The number of amides is 1. The first-order valence-corrected chi connectivity index (χ1v) is 7.88. The molecule has 0 N–H and O–H groups in total. The van der Waals surface area contributed by atoms with Crippen molar-refractivity contribution in [2.45, 2.75) is 45.2 Å². The van der Waals surface area contributed by atoms with E-state index in [9.17, 15) is 4.79 Å². The molecule has 0 saturated heterocycles. The number of rotatable bonds is 3. The van der Waals surface area contributed by atoms with Gasteiger partial charge in [-0.2, -0.15) is 0 Å². The minimum atomic E-state index is -0.292. The van der Waals surface area contributed by atoms with Gasteiger partial charge >= 0.3 is 0 Å². The zero-order valence-electron chi connectivity index (χ0n) is 14.7. The van der Waals surface area contributed by atoms with E-state index in [1.807, 2.05) is 30.0 Å². The molecule has 0 fully saturated rings. The molecule has 3 nitrogen and oxygen atoms in total. The second kappa shape index (κ2) is 5.88. The van der Waals surface area contributed by atoms with E-state index in [4.69, 9.17) is 0 Å². The lowest BCUT2D eigenvalue weighted by atomic mass is 9.78. The number of likely N-dealkylation sites (N-methyl/N-ethyl adjacent to an activating group) is 1. The highest BCUT2D eigenvalue weighted by atomic mass is 16.2. The molecule has 1 heterocycles. The third-order valence-electron chi connectivity index (χ3n) is 4.18. The zero-order chi connectivity index (χ0) is 16.5. The van der Waals surface area contributed by atoms with E-state index in [-0.39, 0.29) is 17.0 Å². The number of carbonyl (C=O) groups excluding carboxylic acids is 1. The largest absolute Gasteiger partial charge is 0.328 e. The molecule has 0 saturated carbocycles. The first-order valence-electron chi connectivity index (χ1n) is 7.88. The van der Waals surface area contributed by atoms with Crippen molar-refractivity contribution in [3.8, 4) is 0 Å². The van der Waals surface area contributed by atoms with Crippen LogP contribution in [0.1, 0.15) is 39.7 Å². The number of hydrogen-bond acceptors (Lipinski definition) is 2. The predicted octanol–water partition coefficient (Wildman–Crippen LogP) is 3.42. The Balaban J connectivity index is 2.40. The van der Waals surface area contributed by atoms with Gasteiger partial charge in [-0.25, -0.2) is 0 Å². The summed E-state index contributed by atoms with van der Waals surface area (Å²) < 4.78 is 0. The summed E-state index contributed by atoms with van der Waals surface area (Å²) in [6.45, 7) is 9.03. The van der Waals surface area contributed by atoms with Crippen molar-refractivity contribution in [3.05, 3.63) is 42.0 Å². The van der Waals surface area contributed by atoms with Gasteiger partial charge in [-0.15, -0.1) is 0 Å². The van der Waals surface area contributed by atoms with Gasteiger partial charge in [0.15, 0.2) is 0 Å². The third kappa shape index (κ3) is 3.41. The number of nitrogens with zero attached hydrogens (tertiary/aromatic N) is 2. The number of hydrogen-bond donors (Lipinski definition) is 0. The average molecular weight is 300 g/mol. The summed E-state index contributed by atoms with van der Waals surface area (Å²) in [7, 11) is 3.88. The molecule has 22 heavy (non-hydrogen) atoms. The van der Waals surface area contributed by atoms with Gasteiger partial charge < -0.3 is 9.80 Å². The lowest BCUT2D eigenvalue weighted by molar-refractivity contribution is -0.143. The molecular weight excluding hydrogens is 272 g/mol. The molecule has 1 aliphatic rings. The summed E-state index contributed by atoms with van der Waals surface area (Å²) in [5, 5.41) is 0. The van der Waals surface area contributed by atoms with E-state index in [1.54, 1.807) is 0 Å². The maximum Gasteiger partial charge on any atom is 0.237 e. The SMILES string of the molecule is CN(C)CC(=O)N1C(C)(C)C=C(c2ccccc2)CC1(C)C. The Kier molecular flexibility index (Phi) is 4.48. The summed E-state index contributed by atoms with van der Waals surface area (Å²) in [6, 6.07) is 10.5. The monoisotopic (exact) mass is 300 g/mol. The van der Waals surface area contributed by atoms with Crippen molar-refractivity contribution >= 4 is 11.5 Å². The first-order chi connectivity index (χ1) is 10.1. The van der Waals surface area contributed by atoms with Crippen LogP contribution in [0.15, 0.2) is 36.4 Å². The maximum atomic E-state index is 12.7. The van der Waals surface area contributed by atoms with Gasteiger partial charge in [0, 0.05) is 5.54 Å². The molecule has 0 aromatic heterocycles. The minimum absolute atomic E-state index is 0.184. The standard InChI is InChI=1S/C19H28N2O/c1-18(2)12-16(15-10-8-7-9-11-15)13-19(3,4)21(18)17(22)14-20(5)6/h7-12H,13-14H2,1-6H3. The van der Waals surface area contributed by atoms with E-state index in [1.165, 1.54) is 11.1 Å². The molecular formula is C19H28N2O. The molecule has 0 unspecified atom stereocenters. The van der Waals surface area contributed by atoms with Crippen LogP contribution in [0.2, 0.25) is 0 Å². The Labute approximate surface area is 134 Å². The number of benzene rings is 1. The van der Waals surface area contributed by atoms with E-state index in [2.05, 4.69) is 58.0 Å². The first kappa shape index (κ1) is 16.8. The molecule has 0 radical (unpaired) electrons. The van der Waals surface area contributed by atoms with Crippen molar-refractivity contribution < 1.29 is 4.79 Å². The van der Waals surface area contributed by atoms with Gasteiger partial charge in [-0.1, -0.05) is 36.4 Å². The van der Waals surface area contributed by atoms with Crippen LogP contribution >= 0.6 is 0 Å².